The molecule has 0 aliphatic carbocycles. The summed E-state index contributed by atoms with van der Waals surface area (Å²) in [5, 5.41) is 5.65. The van der Waals surface area contributed by atoms with E-state index in [2.05, 4.69) is 30.6 Å². The van der Waals surface area contributed by atoms with Crippen LogP contribution in [0.4, 0.5) is 0 Å². The fraction of sp³-hybridized carbons (Fsp3) is 0.714. The van der Waals surface area contributed by atoms with Crippen molar-refractivity contribution in [2.24, 2.45) is 0 Å². The quantitative estimate of drug-likeness (QED) is 0.772. The number of rotatable bonds is 7. The summed E-state index contributed by atoms with van der Waals surface area (Å²) in [4.78, 5) is 1.43. The van der Waals surface area contributed by atoms with Gasteiger partial charge in [0.2, 0.25) is 0 Å². The summed E-state index contributed by atoms with van der Waals surface area (Å²) in [6, 6.07) is 2.59. The average Bonchev–Trinajstić information content (AvgIpc) is 2.99. The molecule has 0 radical (unpaired) electrons. The molecule has 1 N–H and O–H groups in total. The van der Waals surface area contributed by atoms with Gasteiger partial charge in [0.05, 0.1) is 19.3 Å². The summed E-state index contributed by atoms with van der Waals surface area (Å²) >= 11 is 1.82. The molecule has 2 heterocycles. The Hall–Kier alpha value is -0.420. The van der Waals surface area contributed by atoms with Crippen molar-refractivity contribution in [1.82, 2.24) is 5.32 Å². The highest BCUT2D eigenvalue weighted by Crippen LogP contribution is 2.23. The molecule has 1 aromatic heterocycles. The lowest BCUT2D eigenvalue weighted by Crippen LogP contribution is -2.25. The Morgan fingerprint density at radius 1 is 1.61 bits per heavy atom. The SMILES string of the molecule is Cc1ccsc1[C@@H](C)NCCOC[C@H]1CCCO1. The van der Waals surface area contributed by atoms with E-state index in [0.29, 0.717) is 12.1 Å². The predicted molar refractivity (Wildman–Crippen MR) is 75.3 cm³/mol. The van der Waals surface area contributed by atoms with Gasteiger partial charge in [-0.3, -0.25) is 0 Å². The third kappa shape index (κ3) is 4.05. The molecule has 2 atom stereocenters. The molecule has 2 rings (SSSR count). The maximum Gasteiger partial charge on any atom is 0.0809 e. The van der Waals surface area contributed by atoms with E-state index in [0.717, 1.165) is 32.8 Å². The minimum atomic E-state index is 0.335. The molecule has 1 aliphatic rings. The number of thiophene rings is 1. The minimum absolute atomic E-state index is 0.335. The van der Waals surface area contributed by atoms with E-state index in [1.165, 1.54) is 16.9 Å². The molecule has 0 unspecified atom stereocenters. The first kappa shape index (κ1) is 14.0. The van der Waals surface area contributed by atoms with Gasteiger partial charge < -0.3 is 14.8 Å². The van der Waals surface area contributed by atoms with Crippen molar-refractivity contribution in [1.29, 1.82) is 0 Å². The van der Waals surface area contributed by atoms with Crippen LogP contribution in [0.25, 0.3) is 0 Å². The fourth-order valence-electron chi connectivity index (χ4n) is 2.26. The maximum absolute atomic E-state index is 5.63. The Morgan fingerprint density at radius 2 is 2.50 bits per heavy atom. The van der Waals surface area contributed by atoms with E-state index in [1.807, 2.05) is 11.3 Å². The number of nitrogens with one attached hydrogen (secondary N) is 1. The van der Waals surface area contributed by atoms with Crippen molar-refractivity contribution >= 4 is 11.3 Å². The van der Waals surface area contributed by atoms with E-state index in [-0.39, 0.29) is 0 Å². The van der Waals surface area contributed by atoms with E-state index in [4.69, 9.17) is 9.47 Å². The second-order valence-corrected chi connectivity index (χ2v) is 5.80. The molecule has 1 saturated heterocycles. The Balaban J connectivity index is 1.56. The monoisotopic (exact) mass is 269 g/mol. The molecule has 0 amide bonds. The van der Waals surface area contributed by atoms with Gasteiger partial charge in [-0.2, -0.15) is 0 Å². The van der Waals surface area contributed by atoms with Gasteiger partial charge in [0, 0.05) is 24.1 Å². The molecular formula is C14H23NO2S. The summed E-state index contributed by atoms with van der Waals surface area (Å²) in [5.74, 6) is 0. The van der Waals surface area contributed by atoms with Crippen molar-refractivity contribution in [2.45, 2.75) is 38.8 Å². The van der Waals surface area contributed by atoms with Crippen molar-refractivity contribution in [3.8, 4) is 0 Å². The second-order valence-electron chi connectivity index (χ2n) is 4.85. The molecule has 1 fully saturated rings. The van der Waals surface area contributed by atoms with Crippen molar-refractivity contribution in [3.63, 3.8) is 0 Å². The summed E-state index contributed by atoms with van der Waals surface area (Å²) < 4.78 is 11.1. The van der Waals surface area contributed by atoms with E-state index >= 15 is 0 Å². The first-order chi connectivity index (χ1) is 8.77. The molecule has 0 spiro atoms. The van der Waals surface area contributed by atoms with Crippen LogP contribution in [-0.4, -0.2) is 32.5 Å². The standard InChI is InChI=1S/C14H23NO2S/c1-11-5-9-18-14(11)12(2)15-6-8-16-10-13-4-3-7-17-13/h5,9,12-13,15H,3-4,6-8,10H2,1-2H3/t12-,13-/m1/s1. The molecule has 1 aliphatic heterocycles. The van der Waals surface area contributed by atoms with Crippen LogP contribution in [0.5, 0.6) is 0 Å². The topological polar surface area (TPSA) is 30.5 Å². The van der Waals surface area contributed by atoms with Crippen LogP contribution >= 0.6 is 11.3 Å². The number of ether oxygens (including phenoxy) is 2. The Morgan fingerprint density at radius 3 is 3.17 bits per heavy atom. The third-order valence-corrected chi connectivity index (χ3v) is 4.52. The predicted octanol–water partition coefficient (Wildman–Crippen LogP) is 2.90. The van der Waals surface area contributed by atoms with Crippen LogP contribution in [0.2, 0.25) is 0 Å². The van der Waals surface area contributed by atoms with Gasteiger partial charge in [-0.25, -0.2) is 0 Å². The summed E-state index contributed by atoms with van der Waals surface area (Å²) in [6.45, 7) is 7.67. The third-order valence-electron chi connectivity index (χ3n) is 3.32. The smallest absolute Gasteiger partial charge is 0.0809 e. The van der Waals surface area contributed by atoms with E-state index < -0.39 is 0 Å². The molecule has 3 nitrogen and oxygen atoms in total. The van der Waals surface area contributed by atoms with Crippen LogP contribution in [0.15, 0.2) is 11.4 Å². The molecule has 18 heavy (non-hydrogen) atoms. The average molecular weight is 269 g/mol. The van der Waals surface area contributed by atoms with E-state index in [1.54, 1.807) is 0 Å². The minimum Gasteiger partial charge on any atom is -0.377 e. The van der Waals surface area contributed by atoms with Gasteiger partial charge in [0.15, 0.2) is 0 Å². The number of aryl methyl sites for hydroxylation is 1. The van der Waals surface area contributed by atoms with Crippen LogP contribution in [0.3, 0.4) is 0 Å². The van der Waals surface area contributed by atoms with Crippen molar-refractivity contribution in [2.75, 3.05) is 26.4 Å². The highest BCUT2D eigenvalue weighted by molar-refractivity contribution is 7.10. The maximum atomic E-state index is 5.63. The largest absolute Gasteiger partial charge is 0.377 e. The zero-order valence-electron chi connectivity index (χ0n) is 11.3. The molecule has 4 heteroatoms. The van der Waals surface area contributed by atoms with Crippen LogP contribution in [0, 0.1) is 6.92 Å². The summed E-state index contributed by atoms with van der Waals surface area (Å²) in [7, 11) is 0. The van der Waals surface area contributed by atoms with Gasteiger partial charge in [-0.15, -0.1) is 11.3 Å². The van der Waals surface area contributed by atoms with Gasteiger partial charge >= 0.3 is 0 Å². The zero-order chi connectivity index (χ0) is 12.8. The highest BCUT2D eigenvalue weighted by atomic mass is 32.1. The van der Waals surface area contributed by atoms with Gasteiger partial charge in [-0.1, -0.05) is 0 Å². The lowest BCUT2D eigenvalue weighted by molar-refractivity contribution is 0.0179. The molecule has 0 saturated carbocycles. The van der Waals surface area contributed by atoms with Crippen molar-refractivity contribution in [3.05, 3.63) is 21.9 Å². The zero-order valence-corrected chi connectivity index (χ0v) is 12.1. The molecule has 102 valence electrons. The Bertz CT molecular complexity index is 347. The van der Waals surface area contributed by atoms with Crippen LogP contribution in [0.1, 0.15) is 36.2 Å². The van der Waals surface area contributed by atoms with Crippen LogP contribution < -0.4 is 5.32 Å². The summed E-state index contributed by atoms with van der Waals surface area (Å²) in [5.41, 5.74) is 1.38. The van der Waals surface area contributed by atoms with Gasteiger partial charge in [-0.05, 0) is 43.7 Å². The lowest BCUT2D eigenvalue weighted by Gasteiger charge is -2.14. The number of hydrogen-bond donors (Lipinski definition) is 1. The lowest BCUT2D eigenvalue weighted by atomic mass is 10.2. The van der Waals surface area contributed by atoms with E-state index in [9.17, 15) is 0 Å². The fourth-order valence-corrected chi connectivity index (χ4v) is 3.22. The summed E-state index contributed by atoms with van der Waals surface area (Å²) in [6.07, 6.45) is 2.67. The van der Waals surface area contributed by atoms with Gasteiger partial charge in [0.1, 0.15) is 0 Å². The Kier molecular flexibility index (Phi) is 5.63. The molecule has 1 aromatic rings. The number of hydrogen-bond acceptors (Lipinski definition) is 4. The second kappa shape index (κ2) is 7.24. The first-order valence-corrected chi connectivity index (χ1v) is 7.62. The van der Waals surface area contributed by atoms with Crippen molar-refractivity contribution < 1.29 is 9.47 Å². The highest BCUT2D eigenvalue weighted by Gasteiger charge is 2.15. The van der Waals surface area contributed by atoms with Gasteiger partial charge in [0.25, 0.3) is 0 Å². The molecule has 0 aromatic carbocycles. The molecular weight excluding hydrogens is 246 g/mol. The molecule has 0 bridgehead atoms. The van der Waals surface area contributed by atoms with Crippen LogP contribution in [-0.2, 0) is 9.47 Å². The Labute approximate surface area is 113 Å². The normalized spacial score (nSPS) is 21.3. The first-order valence-electron chi connectivity index (χ1n) is 6.74.